The third kappa shape index (κ3) is 3.37. The van der Waals surface area contributed by atoms with Gasteiger partial charge in [0.15, 0.2) is 10.8 Å². The lowest BCUT2D eigenvalue weighted by Gasteiger charge is -2.21. The molecule has 0 aromatic heterocycles. The number of non-ortho nitro benzene ring substituents is 1. The van der Waals surface area contributed by atoms with E-state index in [1.807, 2.05) is 0 Å². The van der Waals surface area contributed by atoms with Gasteiger partial charge >= 0.3 is 6.18 Å². The van der Waals surface area contributed by atoms with Gasteiger partial charge in [-0.05, 0) is 36.5 Å². The fraction of sp³-hybridized carbons (Fsp3) is 0.118. The van der Waals surface area contributed by atoms with Gasteiger partial charge in [0, 0.05) is 23.5 Å². The minimum absolute atomic E-state index is 0.0671. The van der Waals surface area contributed by atoms with Gasteiger partial charge in [-0.1, -0.05) is 6.07 Å². The molecule has 1 amide bonds. The van der Waals surface area contributed by atoms with Gasteiger partial charge in [-0.3, -0.25) is 19.8 Å². The molecular weight excluding hydrogens is 397 g/mol. The van der Waals surface area contributed by atoms with E-state index in [1.54, 1.807) is 0 Å². The van der Waals surface area contributed by atoms with Crippen molar-refractivity contribution >= 4 is 46.0 Å². The number of alkyl halides is 3. The van der Waals surface area contributed by atoms with Crippen molar-refractivity contribution in [2.45, 2.75) is 6.18 Å². The SMILES string of the molecule is [C-]#[N+]c1ccc(N2C(=O)CN(c3ccc([N+](=O)[O-])cc3)C2=S)cc1C(F)(F)F. The molecule has 3 rings (SSSR count). The second-order valence-corrected chi connectivity index (χ2v) is 6.05. The lowest BCUT2D eigenvalue weighted by atomic mass is 10.1. The topological polar surface area (TPSA) is 71.0 Å². The van der Waals surface area contributed by atoms with Crippen LogP contribution in [0.5, 0.6) is 0 Å². The number of nitrogens with zero attached hydrogens (tertiary/aromatic N) is 4. The van der Waals surface area contributed by atoms with Crippen molar-refractivity contribution in [1.82, 2.24) is 0 Å². The van der Waals surface area contributed by atoms with Crippen molar-refractivity contribution in [3.63, 3.8) is 0 Å². The average Bonchev–Trinajstić information content (AvgIpc) is 2.95. The number of halogens is 3. The van der Waals surface area contributed by atoms with E-state index < -0.39 is 28.3 Å². The maximum absolute atomic E-state index is 13.2. The van der Waals surface area contributed by atoms with Gasteiger partial charge in [-0.2, -0.15) is 13.2 Å². The molecule has 0 atom stereocenters. The third-order valence-corrected chi connectivity index (χ3v) is 4.40. The first kappa shape index (κ1) is 19.2. The van der Waals surface area contributed by atoms with Crippen LogP contribution in [-0.2, 0) is 11.0 Å². The molecule has 142 valence electrons. The Balaban J connectivity index is 1.96. The number of carbonyl (C=O) groups excluding carboxylic acids is 1. The van der Waals surface area contributed by atoms with Crippen LogP contribution in [0.25, 0.3) is 4.85 Å². The molecular formula is C17H9F3N4O3S. The van der Waals surface area contributed by atoms with E-state index in [0.29, 0.717) is 11.8 Å². The first-order chi connectivity index (χ1) is 13.1. The molecule has 2 aromatic rings. The van der Waals surface area contributed by atoms with Crippen molar-refractivity contribution < 1.29 is 22.9 Å². The molecule has 0 spiro atoms. The molecule has 0 N–H and O–H groups in total. The average molecular weight is 406 g/mol. The number of nitro benzene ring substituents is 1. The molecule has 0 radical (unpaired) electrons. The number of hydrogen-bond donors (Lipinski definition) is 0. The van der Waals surface area contributed by atoms with Crippen LogP contribution in [0.1, 0.15) is 5.56 Å². The van der Waals surface area contributed by atoms with Crippen molar-refractivity contribution in [2.24, 2.45) is 0 Å². The fourth-order valence-corrected chi connectivity index (χ4v) is 3.08. The van der Waals surface area contributed by atoms with Crippen LogP contribution in [0.3, 0.4) is 0 Å². The van der Waals surface area contributed by atoms with Gasteiger partial charge in [-0.25, -0.2) is 4.85 Å². The Morgan fingerprint density at radius 3 is 2.29 bits per heavy atom. The summed E-state index contributed by atoms with van der Waals surface area (Å²) >= 11 is 5.24. The number of rotatable bonds is 3. The lowest BCUT2D eigenvalue weighted by Crippen LogP contribution is -2.32. The van der Waals surface area contributed by atoms with Crippen LogP contribution in [-0.4, -0.2) is 22.5 Å². The van der Waals surface area contributed by atoms with E-state index in [9.17, 15) is 28.1 Å². The standard InChI is InChI=1S/C17H9F3N4O3S/c1-21-14-7-6-12(8-13(14)17(18,19)20)23-15(25)9-22(16(23)28)10-2-4-11(5-3-10)24(26)27/h2-8H,9H2. The number of benzene rings is 2. The lowest BCUT2D eigenvalue weighted by molar-refractivity contribution is -0.384. The van der Waals surface area contributed by atoms with E-state index >= 15 is 0 Å². The molecule has 1 heterocycles. The molecule has 0 bridgehead atoms. The van der Waals surface area contributed by atoms with Gasteiger partial charge in [-0.15, -0.1) is 0 Å². The minimum Gasteiger partial charge on any atom is -0.309 e. The smallest absolute Gasteiger partial charge is 0.309 e. The molecule has 2 aromatic carbocycles. The zero-order valence-corrected chi connectivity index (χ0v) is 14.6. The van der Waals surface area contributed by atoms with Crippen LogP contribution in [0.2, 0.25) is 0 Å². The second kappa shape index (κ2) is 6.90. The van der Waals surface area contributed by atoms with E-state index in [4.69, 9.17) is 18.8 Å². The van der Waals surface area contributed by atoms with Crippen molar-refractivity contribution in [1.29, 1.82) is 0 Å². The van der Waals surface area contributed by atoms with Crippen molar-refractivity contribution in [2.75, 3.05) is 16.3 Å². The zero-order chi connectivity index (χ0) is 20.6. The summed E-state index contributed by atoms with van der Waals surface area (Å²) in [7, 11) is 0. The Labute approximate surface area is 161 Å². The van der Waals surface area contributed by atoms with Crippen LogP contribution < -0.4 is 9.80 Å². The number of carbonyl (C=O) groups is 1. The summed E-state index contributed by atoms with van der Waals surface area (Å²) < 4.78 is 39.6. The molecule has 1 aliphatic heterocycles. The Kier molecular flexibility index (Phi) is 4.74. The van der Waals surface area contributed by atoms with E-state index in [2.05, 4.69) is 4.85 Å². The number of nitro groups is 1. The van der Waals surface area contributed by atoms with Gasteiger partial charge in [0.05, 0.1) is 17.1 Å². The first-order valence-electron chi connectivity index (χ1n) is 7.61. The number of hydrogen-bond acceptors (Lipinski definition) is 4. The van der Waals surface area contributed by atoms with Crippen LogP contribution in [0.4, 0.5) is 35.9 Å². The Morgan fingerprint density at radius 2 is 1.75 bits per heavy atom. The maximum Gasteiger partial charge on any atom is 0.407 e. The predicted molar refractivity (Wildman–Crippen MR) is 98.2 cm³/mol. The second-order valence-electron chi connectivity index (χ2n) is 5.68. The van der Waals surface area contributed by atoms with Crippen molar-refractivity contribution in [3.05, 3.63) is 69.6 Å². The van der Waals surface area contributed by atoms with E-state index in [1.165, 1.54) is 35.2 Å². The number of thiocarbonyl (C=S) groups is 1. The summed E-state index contributed by atoms with van der Waals surface area (Å²) in [5.41, 5.74) is -1.62. The molecule has 7 nitrogen and oxygen atoms in total. The first-order valence-corrected chi connectivity index (χ1v) is 8.02. The molecule has 0 unspecified atom stereocenters. The highest BCUT2D eigenvalue weighted by molar-refractivity contribution is 7.81. The molecule has 0 aliphatic carbocycles. The number of anilines is 2. The van der Waals surface area contributed by atoms with Gasteiger partial charge in [0.2, 0.25) is 0 Å². The molecule has 1 fully saturated rings. The minimum atomic E-state index is -4.77. The van der Waals surface area contributed by atoms with Crippen molar-refractivity contribution in [3.8, 4) is 0 Å². The highest BCUT2D eigenvalue weighted by Gasteiger charge is 2.38. The Hall–Kier alpha value is -3.52. The van der Waals surface area contributed by atoms with Gasteiger partial charge in [0.25, 0.3) is 11.6 Å². The Morgan fingerprint density at radius 1 is 1.14 bits per heavy atom. The van der Waals surface area contributed by atoms with Gasteiger partial charge in [0.1, 0.15) is 6.54 Å². The van der Waals surface area contributed by atoms with Crippen LogP contribution in [0, 0.1) is 16.7 Å². The monoisotopic (exact) mass is 406 g/mol. The quantitative estimate of drug-likeness (QED) is 0.329. The normalized spacial score (nSPS) is 14.4. The third-order valence-electron chi connectivity index (χ3n) is 4.00. The van der Waals surface area contributed by atoms with E-state index in [0.717, 1.165) is 11.0 Å². The predicted octanol–water partition coefficient (Wildman–Crippen LogP) is 4.30. The summed E-state index contributed by atoms with van der Waals surface area (Å²) in [6.07, 6.45) is -4.77. The van der Waals surface area contributed by atoms with Crippen LogP contribution >= 0.6 is 12.2 Å². The van der Waals surface area contributed by atoms with Gasteiger partial charge < -0.3 is 4.90 Å². The molecule has 11 heteroatoms. The summed E-state index contributed by atoms with van der Waals surface area (Å²) in [5, 5.41) is 10.7. The molecule has 1 saturated heterocycles. The highest BCUT2D eigenvalue weighted by atomic mass is 32.1. The largest absolute Gasteiger partial charge is 0.407 e. The number of amides is 1. The summed E-state index contributed by atoms with van der Waals surface area (Å²) in [6.45, 7) is 6.64. The summed E-state index contributed by atoms with van der Waals surface area (Å²) in [4.78, 5) is 27.7. The Bertz CT molecular complexity index is 1030. The van der Waals surface area contributed by atoms with E-state index in [-0.39, 0.29) is 23.0 Å². The fourth-order valence-electron chi connectivity index (χ4n) is 2.70. The summed E-state index contributed by atoms with van der Waals surface area (Å²) in [6, 6.07) is 8.16. The maximum atomic E-state index is 13.2. The van der Waals surface area contributed by atoms with Crippen LogP contribution in [0.15, 0.2) is 42.5 Å². The molecule has 0 saturated carbocycles. The molecule has 28 heavy (non-hydrogen) atoms. The molecule has 1 aliphatic rings. The zero-order valence-electron chi connectivity index (χ0n) is 13.8. The summed E-state index contributed by atoms with van der Waals surface area (Å²) in [5.74, 6) is -0.563. The highest BCUT2D eigenvalue weighted by Crippen LogP contribution is 2.39.